The van der Waals surface area contributed by atoms with E-state index in [0.717, 1.165) is 32.6 Å². The van der Waals surface area contributed by atoms with Crippen LogP contribution < -0.4 is 0 Å². The van der Waals surface area contributed by atoms with E-state index < -0.39 is 0 Å². The molecule has 19 heavy (non-hydrogen) atoms. The van der Waals surface area contributed by atoms with Gasteiger partial charge in [0, 0.05) is 12.3 Å². The van der Waals surface area contributed by atoms with Gasteiger partial charge in [0.2, 0.25) is 0 Å². The van der Waals surface area contributed by atoms with E-state index >= 15 is 0 Å². The van der Waals surface area contributed by atoms with Gasteiger partial charge < -0.3 is 9.52 Å². The molecule has 4 aromatic rings. The molecule has 0 radical (unpaired) electrons. The molecule has 0 aliphatic rings. The molecule has 0 atom stereocenters. The summed E-state index contributed by atoms with van der Waals surface area (Å²) in [5.41, 5.74) is 1.63. The van der Waals surface area contributed by atoms with Crippen LogP contribution in [0, 0.1) is 6.92 Å². The lowest BCUT2D eigenvalue weighted by molar-refractivity contribution is 0.476. The van der Waals surface area contributed by atoms with Crippen LogP contribution >= 0.6 is 0 Å². The second-order valence-electron chi connectivity index (χ2n) is 4.72. The monoisotopic (exact) mass is 249 g/mol. The lowest BCUT2D eigenvalue weighted by atomic mass is 10.0. The molecule has 0 aliphatic heterocycles. The molecule has 0 spiro atoms. The SMILES string of the molecule is Cc1nc2ccc3ccc4ccc(O)cc4c3c2o1. The van der Waals surface area contributed by atoms with Gasteiger partial charge in [0.05, 0.1) is 0 Å². The van der Waals surface area contributed by atoms with E-state index in [0.29, 0.717) is 5.89 Å². The summed E-state index contributed by atoms with van der Waals surface area (Å²) in [7, 11) is 0. The minimum Gasteiger partial charge on any atom is -0.508 e. The maximum absolute atomic E-state index is 9.72. The molecule has 0 saturated carbocycles. The highest BCUT2D eigenvalue weighted by atomic mass is 16.3. The summed E-state index contributed by atoms with van der Waals surface area (Å²) < 4.78 is 5.74. The van der Waals surface area contributed by atoms with Crippen LogP contribution in [0.5, 0.6) is 5.75 Å². The van der Waals surface area contributed by atoms with Gasteiger partial charge in [0.15, 0.2) is 11.5 Å². The van der Waals surface area contributed by atoms with Crippen LogP contribution in [-0.2, 0) is 0 Å². The van der Waals surface area contributed by atoms with Gasteiger partial charge in [-0.15, -0.1) is 0 Å². The fourth-order valence-electron chi connectivity index (χ4n) is 2.62. The molecule has 0 aliphatic carbocycles. The Balaban J connectivity index is 2.35. The van der Waals surface area contributed by atoms with E-state index in [-0.39, 0.29) is 5.75 Å². The largest absolute Gasteiger partial charge is 0.508 e. The number of rotatable bonds is 0. The van der Waals surface area contributed by atoms with Crippen LogP contribution in [0.25, 0.3) is 32.6 Å². The van der Waals surface area contributed by atoms with E-state index in [1.54, 1.807) is 12.1 Å². The van der Waals surface area contributed by atoms with Crippen LogP contribution in [-0.4, -0.2) is 10.1 Å². The van der Waals surface area contributed by atoms with Crippen molar-refractivity contribution in [3.63, 3.8) is 0 Å². The van der Waals surface area contributed by atoms with Crippen molar-refractivity contribution in [1.29, 1.82) is 0 Å². The highest BCUT2D eigenvalue weighted by Gasteiger charge is 2.10. The summed E-state index contributed by atoms with van der Waals surface area (Å²) in [6.45, 7) is 1.84. The van der Waals surface area contributed by atoms with Crippen LogP contribution in [0.15, 0.2) is 46.9 Å². The zero-order valence-corrected chi connectivity index (χ0v) is 10.3. The highest BCUT2D eigenvalue weighted by Crippen LogP contribution is 2.33. The minimum atomic E-state index is 0.258. The smallest absolute Gasteiger partial charge is 0.192 e. The van der Waals surface area contributed by atoms with Gasteiger partial charge in [-0.1, -0.05) is 24.3 Å². The summed E-state index contributed by atoms with van der Waals surface area (Å²) in [5, 5.41) is 13.9. The number of nitrogens with zero attached hydrogens (tertiary/aromatic N) is 1. The highest BCUT2D eigenvalue weighted by molar-refractivity contribution is 6.17. The zero-order chi connectivity index (χ0) is 13.0. The van der Waals surface area contributed by atoms with Crippen molar-refractivity contribution in [2.75, 3.05) is 0 Å². The number of benzene rings is 3. The first kappa shape index (κ1) is 10.4. The molecule has 1 N–H and O–H groups in total. The number of aryl methyl sites for hydroxylation is 1. The third-order valence-electron chi connectivity index (χ3n) is 3.45. The first-order valence-electron chi connectivity index (χ1n) is 6.14. The molecule has 92 valence electrons. The van der Waals surface area contributed by atoms with Crippen molar-refractivity contribution in [2.24, 2.45) is 0 Å². The molecule has 3 heteroatoms. The van der Waals surface area contributed by atoms with Crippen molar-refractivity contribution in [2.45, 2.75) is 6.92 Å². The number of hydrogen-bond acceptors (Lipinski definition) is 3. The molecule has 1 heterocycles. The summed E-state index contributed by atoms with van der Waals surface area (Å²) in [4.78, 5) is 4.36. The Bertz CT molecular complexity index is 938. The quantitative estimate of drug-likeness (QED) is 0.476. The molecule has 1 aromatic heterocycles. The Hall–Kier alpha value is -2.55. The molecule has 0 saturated heterocycles. The predicted molar refractivity (Wildman–Crippen MR) is 75.4 cm³/mol. The van der Waals surface area contributed by atoms with Gasteiger partial charge in [-0.25, -0.2) is 4.98 Å². The average molecular weight is 249 g/mol. The molecule has 0 unspecified atom stereocenters. The third kappa shape index (κ3) is 1.41. The fraction of sp³-hybridized carbons (Fsp3) is 0.0625. The molecule has 0 fully saturated rings. The Kier molecular flexibility index (Phi) is 1.90. The fourth-order valence-corrected chi connectivity index (χ4v) is 2.62. The number of phenolic OH excluding ortho intramolecular Hbond substituents is 1. The van der Waals surface area contributed by atoms with Gasteiger partial charge in [0.1, 0.15) is 11.3 Å². The second-order valence-corrected chi connectivity index (χ2v) is 4.72. The summed E-state index contributed by atoms with van der Waals surface area (Å²) in [6, 6.07) is 13.5. The van der Waals surface area contributed by atoms with Crippen molar-refractivity contribution < 1.29 is 9.52 Å². The first-order chi connectivity index (χ1) is 9.22. The summed E-state index contributed by atoms with van der Waals surface area (Å²) in [6.07, 6.45) is 0. The Labute approximate surface area is 109 Å². The number of hydrogen-bond donors (Lipinski definition) is 1. The van der Waals surface area contributed by atoms with Crippen molar-refractivity contribution in [3.8, 4) is 5.75 Å². The van der Waals surface area contributed by atoms with Gasteiger partial charge >= 0.3 is 0 Å². The Morgan fingerprint density at radius 1 is 1.00 bits per heavy atom. The van der Waals surface area contributed by atoms with E-state index in [2.05, 4.69) is 11.1 Å². The van der Waals surface area contributed by atoms with Gasteiger partial charge in [-0.05, 0) is 34.4 Å². The van der Waals surface area contributed by atoms with Crippen LogP contribution in [0.3, 0.4) is 0 Å². The number of aromatic nitrogens is 1. The van der Waals surface area contributed by atoms with Gasteiger partial charge in [-0.2, -0.15) is 0 Å². The Morgan fingerprint density at radius 3 is 2.63 bits per heavy atom. The standard InChI is InChI=1S/C16H11NO2/c1-9-17-14-7-5-11-3-2-10-4-6-12(18)8-13(10)15(11)16(14)19-9/h2-8,18H,1H3. The number of aromatic hydroxyl groups is 1. The lowest BCUT2D eigenvalue weighted by Gasteiger charge is -2.04. The van der Waals surface area contributed by atoms with Gasteiger partial charge in [-0.3, -0.25) is 0 Å². The maximum Gasteiger partial charge on any atom is 0.192 e. The van der Waals surface area contributed by atoms with Crippen molar-refractivity contribution in [1.82, 2.24) is 4.98 Å². The van der Waals surface area contributed by atoms with Crippen LogP contribution in [0.1, 0.15) is 5.89 Å². The molecule has 3 nitrogen and oxygen atoms in total. The molecular formula is C16H11NO2. The lowest BCUT2D eigenvalue weighted by Crippen LogP contribution is -1.79. The number of phenols is 1. The van der Waals surface area contributed by atoms with E-state index in [1.165, 1.54) is 0 Å². The van der Waals surface area contributed by atoms with Gasteiger partial charge in [0.25, 0.3) is 0 Å². The topological polar surface area (TPSA) is 46.3 Å². The Morgan fingerprint density at radius 2 is 1.74 bits per heavy atom. The van der Waals surface area contributed by atoms with E-state index in [1.807, 2.05) is 31.2 Å². The average Bonchev–Trinajstić information content (AvgIpc) is 2.78. The summed E-state index contributed by atoms with van der Waals surface area (Å²) >= 11 is 0. The molecule has 0 bridgehead atoms. The minimum absolute atomic E-state index is 0.258. The normalized spacial score (nSPS) is 11.6. The number of fused-ring (bicyclic) bond motifs is 5. The zero-order valence-electron chi connectivity index (χ0n) is 10.3. The van der Waals surface area contributed by atoms with E-state index in [9.17, 15) is 5.11 Å². The first-order valence-corrected chi connectivity index (χ1v) is 6.14. The van der Waals surface area contributed by atoms with E-state index in [4.69, 9.17) is 4.42 Å². The maximum atomic E-state index is 9.72. The third-order valence-corrected chi connectivity index (χ3v) is 3.45. The summed E-state index contributed by atoms with van der Waals surface area (Å²) in [5.74, 6) is 0.910. The van der Waals surface area contributed by atoms with Crippen molar-refractivity contribution >= 4 is 32.6 Å². The number of oxazole rings is 1. The molecule has 0 amide bonds. The molecule has 4 rings (SSSR count). The van der Waals surface area contributed by atoms with Crippen molar-refractivity contribution in [3.05, 3.63) is 48.4 Å². The second kappa shape index (κ2) is 3.48. The van der Waals surface area contributed by atoms with Crippen LogP contribution in [0.2, 0.25) is 0 Å². The molecular weight excluding hydrogens is 238 g/mol. The van der Waals surface area contributed by atoms with Crippen LogP contribution in [0.4, 0.5) is 0 Å². The predicted octanol–water partition coefficient (Wildman–Crippen LogP) is 4.15. The molecule has 3 aromatic carbocycles.